The van der Waals surface area contributed by atoms with E-state index in [0.29, 0.717) is 28.8 Å². The Morgan fingerprint density at radius 1 is 1.04 bits per heavy atom. The Kier molecular flexibility index (Phi) is 5.44. The van der Waals surface area contributed by atoms with Gasteiger partial charge in [-0.05, 0) is 32.9 Å². The third kappa shape index (κ3) is 3.73. The summed E-state index contributed by atoms with van der Waals surface area (Å²) < 4.78 is 12.4. The van der Waals surface area contributed by atoms with Gasteiger partial charge in [0.05, 0.1) is 43.7 Å². The van der Waals surface area contributed by atoms with Crippen LogP contribution in [0.5, 0.6) is 11.5 Å². The molecule has 9 nitrogen and oxygen atoms in total. The van der Waals surface area contributed by atoms with E-state index in [4.69, 9.17) is 9.47 Å². The molecule has 9 heteroatoms. The van der Waals surface area contributed by atoms with E-state index in [0.717, 1.165) is 17.2 Å². The van der Waals surface area contributed by atoms with Crippen molar-refractivity contribution >= 4 is 17.4 Å². The lowest BCUT2D eigenvalue weighted by molar-refractivity contribution is 0.262. The van der Waals surface area contributed by atoms with E-state index in [1.165, 1.54) is 14.2 Å². The van der Waals surface area contributed by atoms with Gasteiger partial charge in [-0.2, -0.15) is 0 Å². The zero-order valence-corrected chi connectivity index (χ0v) is 16.4. The molecule has 0 radical (unpaired) electrons. The van der Waals surface area contributed by atoms with Gasteiger partial charge >= 0.3 is 6.03 Å². The molecule has 3 aromatic rings. The Morgan fingerprint density at radius 2 is 1.75 bits per heavy atom. The van der Waals surface area contributed by atoms with Gasteiger partial charge in [-0.15, -0.1) is 0 Å². The van der Waals surface area contributed by atoms with Crippen LogP contribution < -0.4 is 20.1 Å². The summed E-state index contributed by atoms with van der Waals surface area (Å²) in [6.07, 6.45) is 3.08. The summed E-state index contributed by atoms with van der Waals surface area (Å²) in [4.78, 5) is 25.4. The van der Waals surface area contributed by atoms with Crippen molar-refractivity contribution < 1.29 is 14.3 Å². The number of nitrogens with zero attached hydrogens (tertiary/aromatic N) is 4. The van der Waals surface area contributed by atoms with Gasteiger partial charge < -0.3 is 20.1 Å². The van der Waals surface area contributed by atoms with Gasteiger partial charge in [0, 0.05) is 5.69 Å². The van der Waals surface area contributed by atoms with Crippen molar-refractivity contribution in [3.05, 3.63) is 47.8 Å². The third-order valence-corrected chi connectivity index (χ3v) is 4.26. The van der Waals surface area contributed by atoms with E-state index in [2.05, 4.69) is 25.6 Å². The number of hydrogen-bond acceptors (Lipinski definition) is 6. The first-order valence-electron chi connectivity index (χ1n) is 8.58. The van der Waals surface area contributed by atoms with Gasteiger partial charge in [0.2, 0.25) is 5.95 Å². The predicted octanol–water partition coefficient (Wildman–Crippen LogP) is 3.25. The smallest absolute Gasteiger partial charge is 0.323 e. The number of aryl methyl sites for hydroxylation is 2. The largest absolute Gasteiger partial charge is 0.493 e. The predicted molar refractivity (Wildman–Crippen MR) is 106 cm³/mol. The molecule has 2 heterocycles. The average Bonchev–Trinajstić information content (AvgIpc) is 2.94. The van der Waals surface area contributed by atoms with Crippen LogP contribution in [0, 0.1) is 20.8 Å². The molecule has 0 fully saturated rings. The van der Waals surface area contributed by atoms with Crippen molar-refractivity contribution in [2.24, 2.45) is 0 Å². The summed E-state index contributed by atoms with van der Waals surface area (Å²) in [5, 5.41) is 5.42. The van der Waals surface area contributed by atoms with Crippen LogP contribution in [0.15, 0.2) is 30.6 Å². The molecule has 0 bridgehead atoms. The van der Waals surface area contributed by atoms with Gasteiger partial charge in [-0.25, -0.2) is 19.7 Å². The summed E-state index contributed by atoms with van der Waals surface area (Å²) in [6, 6.07) is 4.77. The number of nitrogens with one attached hydrogen (secondary N) is 2. The Labute approximate surface area is 162 Å². The Morgan fingerprint density at radius 3 is 2.32 bits per heavy atom. The first-order valence-corrected chi connectivity index (χ1v) is 8.58. The van der Waals surface area contributed by atoms with Crippen LogP contribution in [0.2, 0.25) is 0 Å². The Balaban J connectivity index is 1.74. The minimum absolute atomic E-state index is 0.438. The van der Waals surface area contributed by atoms with E-state index in [1.54, 1.807) is 30.6 Å². The van der Waals surface area contributed by atoms with Crippen molar-refractivity contribution in [1.82, 2.24) is 19.5 Å². The van der Waals surface area contributed by atoms with Crippen molar-refractivity contribution in [2.45, 2.75) is 20.8 Å². The van der Waals surface area contributed by atoms with E-state index in [9.17, 15) is 4.79 Å². The van der Waals surface area contributed by atoms with E-state index in [1.807, 2.05) is 25.3 Å². The summed E-state index contributed by atoms with van der Waals surface area (Å²) in [5.74, 6) is 2.26. The fourth-order valence-electron chi connectivity index (χ4n) is 2.84. The number of imidazole rings is 1. The van der Waals surface area contributed by atoms with Crippen LogP contribution in [-0.2, 0) is 0 Å². The van der Waals surface area contributed by atoms with Gasteiger partial charge in [0.25, 0.3) is 0 Å². The Bertz CT molecular complexity index is 998. The normalized spacial score (nSPS) is 10.5. The number of urea groups is 1. The van der Waals surface area contributed by atoms with E-state index < -0.39 is 6.03 Å². The van der Waals surface area contributed by atoms with Gasteiger partial charge in [0.15, 0.2) is 11.5 Å². The van der Waals surface area contributed by atoms with Crippen LogP contribution in [0.25, 0.3) is 5.95 Å². The molecule has 2 aromatic heterocycles. The number of para-hydroxylation sites is 1. The molecule has 0 unspecified atom stereocenters. The minimum Gasteiger partial charge on any atom is -0.493 e. The van der Waals surface area contributed by atoms with Crippen LogP contribution >= 0.6 is 0 Å². The number of methoxy groups -OCH3 is 2. The number of amides is 2. The molecule has 1 aromatic carbocycles. The highest BCUT2D eigenvalue weighted by Gasteiger charge is 2.14. The maximum atomic E-state index is 12.3. The Hall–Kier alpha value is -3.62. The lowest BCUT2D eigenvalue weighted by Crippen LogP contribution is -2.20. The number of aromatic nitrogens is 4. The SMILES string of the molecule is COc1cccc(NC(=O)Nc2cnc(-n3c(C)nc(C)c3C)nc2)c1OC. The van der Waals surface area contributed by atoms with Gasteiger partial charge in [0.1, 0.15) is 5.82 Å². The van der Waals surface area contributed by atoms with Crippen LogP contribution in [-0.4, -0.2) is 39.8 Å². The lowest BCUT2D eigenvalue weighted by atomic mass is 10.2. The molecule has 0 aliphatic rings. The number of anilines is 2. The molecule has 2 amide bonds. The molecule has 2 N–H and O–H groups in total. The highest BCUT2D eigenvalue weighted by molar-refractivity contribution is 6.00. The average molecular weight is 382 g/mol. The molecule has 0 atom stereocenters. The number of carbonyl (C=O) groups is 1. The molecular formula is C19H22N6O3. The van der Waals surface area contributed by atoms with Crippen molar-refractivity contribution in [1.29, 1.82) is 0 Å². The monoisotopic (exact) mass is 382 g/mol. The highest BCUT2D eigenvalue weighted by Crippen LogP contribution is 2.34. The number of carbonyl (C=O) groups excluding carboxylic acids is 1. The third-order valence-electron chi connectivity index (χ3n) is 4.26. The van der Waals surface area contributed by atoms with Crippen molar-refractivity contribution in [3.63, 3.8) is 0 Å². The quantitative estimate of drug-likeness (QED) is 0.702. The van der Waals surface area contributed by atoms with Crippen molar-refractivity contribution in [3.8, 4) is 17.4 Å². The second-order valence-corrected chi connectivity index (χ2v) is 6.06. The minimum atomic E-state index is -0.450. The number of hydrogen-bond donors (Lipinski definition) is 2. The standard InChI is InChI=1S/C19H22N6O3/c1-11-12(2)25(13(3)22-11)18-20-9-14(10-21-18)23-19(26)24-15-7-6-8-16(27-4)17(15)28-5/h6-10H,1-5H3,(H2,23,24,26). The zero-order valence-electron chi connectivity index (χ0n) is 16.4. The molecule has 3 rings (SSSR count). The second kappa shape index (κ2) is 7.95. The molecule has 0 saturated carbocycles. The van der Waals surface area contributed by atoms with E-state index >= 15 is 0 Å². The van der Waals surface area contributed by atoms with Crippen molar-refractivity contribution in [2.75, 3.05) is 24.9 Å². The van der Waals surface area contributed by atoms with Gasteiger partial charge in [-0.1, -0.05) is 6.07 Å². The number of ether oxygens (including phenoxy) is 2. The zero-order chi connectivity index (χ0) is 20.3. The van der Waals surface area contributed by atoms with Crippen LogP contribution in [0.4, 0.5) is 16.2 Å². The topological polar surface area (TPSA) is 103 Å². The summed E-state index contributed by atoms with van der Waals surface area (Å²) in [7, 11) is 3.04. The van der Waals surface area contributed by atoms with Gasteiger partial charge in [-0.3, -0.25) is 4.57 Å². The fraction of sp³-hybridized carbons (Fsp3) is 0.263. The number of benzene rings is 1. The van der Waals surface area contributed by atoms with Crippen LogP contribution in [0.1, 0.15) is 17.2 Å². The van der Waals surface area contributed by atoms with Crippen LogP contribution in [0.3, 0.4) is 0 Å². The second-order valence-electron chi connectivity index (χ2n) is 6.06. The molecule has 0 aliphatic carbocycles. The lowest BCUT2D eigenvalue weighted by Gasteiger charge is -2.14. The first kappa shape index (κ1) is 19.2. The molecule has 0 aliphatic heterocycles. The molecule has 0 spiro atoms. The summed E-state index contributed by atoms with van der Waals surface area (Å²) in [5.41, 5.74) is 2.84. The molecule has 28 heavy (non-hydrogen) atoms. The number of rotatable bonds is 5. The summed E-state index contributed by atoms with van der Waals surface area (Å²) in [6.45, 7) is 5.79. The van der Waals surface area contributed by atoms with E-state index in [-0.39, 0.29) is 0 Å². The molecule has 146 valence electrons. The first-order chi connectivity index (χ1) is 13.4. The molecule has 0 saturated heterocycles. The highest BCUT2D eigenvalue weighted by atomic mass is 16.5. The maximum absolute atomic E-state index is 12.3. The molecular weight excluding hydrogens is 360 g/mol. The fourth-order valence-corrected chi connectivity index (χ4v) is 2.84. The maximum Gasteiger partial charge on any atom is 0.323 e. The summed E-state index contributed by atoms with van der Waals surface area (Å²) >= 11 is 0.